The van der Waals surface area contributed by atoms with Crippen LogP contribution in [0, 0.1) is 10.1 Å². The highest BCUT2D eigenvalue weighted by Gasteiger charge is 2.14. The summed E-state index contributed by atoms with van der Waals surface area (Å²) in [6.45, 7) is -0.477. The third kappa shape index (κ3) is 5.48. The number of hydrogen-bond acceptors (Lipinski definition) is 6. The fraction of sp³-hybridized carbons (Fsp3) is 0.0667. The quantitative estimate of drug-likeness (QED) is 0.431. The largest absolute Gasteiger partial charge is 0.272 e. The number of nitrogens with one attached hydrogen (secondary N) is 2. The molecule has 0 radical (unpaired) electrons. The van der Waals surface area contributed by atoms with Gasteiger partial charge in [-0.3, -0.25) is 14.9 Å². The number of hydrogen-bond donors (Lipinski definition) is 2. The Bertz CT molecular complexity index is 880. The van der Waals surface area contributed by atoms with Crippen molar-refractivity contribution >= 4 is 27.8 Å². The number of sulfonamides is 1. The minimum absolute atomic E-state index is 0.0529. The standard InChI is InChI=1S/C15H14N4O5S/c20-15(11-17-25(23,24)14-4-2-1-3-5-14)18-16-10-12-6-8-13(9-7-12)19(21)22/h1-10,17H,11H2,(H,18,20). The Balaban J connectivity index is 1.85. The molecule has 0 fully saturated rings. The summed E-state index contributed by atoms with van der Waals surface area (Å²) < 4.78 is 26.0. The number of nitro groups is 1. The average molecular weight is 362 g/mol. The molecular formula is C15H14N4O5S. The van der Waals surface area contributed by atoms with E-state index in [2.05, 4.69) is 15.2 Å². The van der Waals surface area contributed by atoms with Crippen molar-refractivity contribution in [1.82, 2.24) is 10.1 Å². The van der Waals surface area contributed by atoms with E-state index >= 15 is 0 Å². The molecule has 0 aliphatic rings. The number of rotatable bonds is 7. The van der Waals surface area contributed by atoms with Crippen LogP contribution >= 0.6 is 0 Å². The number of nitrogens with zero attached hydrogens (tertiary/aromatic N) is 2. The lowest BCUT2D eigenvalue weighted by atomic mass is 10.2. The summed E-state index contributed by atoms with van der Waals surface area (Å²) in [4.78, 5) is 21.7. The zero-order valence-electron chi connectivity index (χ0n) is 12.8. The van der Waals surface area contributed by atoms with Crippen LogP contribution in [-0.4, -0.2) is 32.0 Å². The van der Waals surface area contributed by atoms with E-state index in [4.69, 9.17) is 0 Å². The van der Waals surface area contributed by atoms with Gasteiger partial charge in [0.25, 0.3) is 11.6 Å². The first kappa shape index (κ1) is 18.2. The van der Waals surface area contributed by atoms with Crippen LogP contribution in [0.2, 0.25) is 0 Å². The van der Waals surface area contributed by atoms with Crippen molar-refractivity contribution in [2.24, 2.45) is 5.10 Å². The third-order valence-corrected chi connectivity index (χ3v) is 4.40. The Kier molecular flexibility index (Phi) is 5.93. The van der Waals surface area contributed by atoms with Crippen LogP contribution in [0.4, 0.5) is 5.69 Å². The lowest BCUT2D eigenvalue weighted by Gasteiger charge is -2.05. The second-order valence-electron chi connectivity index (χ2n) is 4.78. The summed E-state index contributed by atoms with van der Waals surface area (Å²) in [5, 5.41) is 14.2. The van der Waals surface area contributed by atoms with E-state index in [1.165, 1.54) is 42.6 Å². The molecule has 10 heteroatoms. The highest BCUT2D eigenvalue weighted by molar-refractivity contribution is 7.89. The molecule has 0 aromatic heterocycles. The van der Waals surface area contributed by atoms with Crippen molar-refractivity contribution in [3.05, 3.63) is 70.3 Å². The van der Waals surface area contributed by atoms with Gasteiger partial charge < -0.3 is 0 Å². The molecule has 0 spiro atoms. The van der Waals surface area contributed by atoms with E-state index in [9.17, 15) is 23.3 Å². The number of carbonyl (C=O) groups is 1. The zero-order valence-corrected chi connectivity index (χ0v) is 13.6. The Hall–Kier alpha value is -3.11. The van der Waals surface area contributed by atoms with Crippen molar-refractivity contribution < 1.29 is 18.1 Å². The van der Waals surface area contributed by atoms with Crippen molar-refractivity contribution in [2.45, 2.75) is 4.90 Å². The molecule has 1 amide bonds. The lowest BCUT2D eigenvalue weighted by Crippen LogP contribution is -2.34. The van der Waals surface area contributed by atoms with Crippen LogP contribution < -0.4 is 10.1 Å². The first-order valence-corrected chi connectivity index (χ1v) is 8.48. The molecule has 0 atom stereocenters. The van der Waals surface area contributed by atoms with Crippen LogP contribution in [0.3, 0.4) is 0 Å². The molecule has 25 heavy (non-hydrogen) atoms. The van der Waals surface area contributed by atoms with Gasteiger partial charge >= 0.3 is 0 Å². The highest BCUT2D eigenvalue weighted by atomic mass is 32.2. The van der Waals surface area contributed by atoms with Crippen molar-refractivity contribution in [3.8, 4) is 0 Å². The smallest absolute Gasteiger partial charge is 0.269 e. The van der Waals surface area contributed by atoms with Gasteiger partial charge in [-0.25, -0.2) is 18.6 Å². The molecule has 0 aliphatic heterocycles. The number of carbonyl (C=O) groups excluding carboxylic acids is 1. The summed E-state index contributed by atoms with van der Waals surface area (Å²) in [6, 6.07) is 13.2. The Morgan fingerprint density at radius 2 is 1.76 bits per heavy atom. The molecule has 0 saturated carbocycles. The van der Waals surface area contributed by atoms with Gasteiger partial charge in [0, 0.05) is 12.1 Å². The average Bonchev–Trinajstić information content (AvgIpc) is 2.61. The van der Waals surface area contributed by atoms with Crippen LogP contribution in [-0.2, 0) is 14.8 Å². The zero-order chi connectivity index (χ0) is 18.3. The van der Waals surface area contributed by atoms with Gasteiger partial charge in [-0.15, -0.1) is 0 Å². The van der Waals surface area contributed by atoms with Gasteiger partial charge in [0.2, 0.25) is 10.0 Å². The summed E-state index contributed by atoms with van der Waals surface area (Å²) in [7, 11) is -3.77. The van der Waals surface area contributed by atoms with E-state index in [1.807, 2.05) is 0 Å². The van der Waals surface area contributed by atoms with Crippen molar-refractivity contribution in [1.29, 1.82) is 0 Å². The molecule has 0 saturated heterocycles. The van der Waals surface area contributed by atoms with Crippen molar-refractivity contribution in [3.63, 3.8) is 0 Å². The van der Waals surface area contributed by atoms with Gasteiger partial charge in [0.1, 0.15) is 0 Å². The topological polar surface area (TPSA) is 131 Å². The second-order valence-corrected chi connectivity index (χ2v) is 6.55. The number of hydrazone groups is 1. The fourth-order valence-corrected chi connectivity index (χ4v) is 2.75. The van der Waals surface area contributed by atoms with E-state index < -0.39 is 27.4 Å². The third-order valence-electron chi connectivity index (χ3n) is 2.98. The molecule has 0 aliphatic carbocycles. The Morgan fingerprint density at radius 3 is 2.36 bits per heavy atom. The highest BCUT2D eigenvalue weighted by Crippen LogP contribution is 2.10. The number of amides is 1. The van der Waals surface area contributed by atoms with Gasteiger partial charge in [-0.2, -0.15) is 5.10 Å². The maximum absolute atomic E-state index is 11.9. The van der Waals surface area contributed by atoms with Crippen LogP contribution in [0.15, 0.2) is 64.6 Å². The molecule has 0 bridgehead atoms. The minimum Gasteiger partial charge on any atom is -0.272 e. The summed E-state index contributed by atoms with van der Waals surface area (Å²) in [5.74, 6) is -0.655. The van der Waals surface area contributed by atoms with Crippen LogP contribution in [0.25, 0.3) is 0 Å². The maximum Gasteiger partial charge on any atom is 0.269 e. The molecule has 0 heterocycles. The molecule has 2 N–H and O–H groups in total. The summed E-state index contributed by atoms with van der Waals surface area (Å²) in [5.41, 5.74) is 2.64. The number of nitro benzene ring substituents is 1. The molecular weight excluding hydrogens is 348 g/mol. The predicted molar refractivity (Wildman–Crippen MR) is 90.5 cm³/mol. The summed E-state index contributed by atoms with van der Waals surface area (Å²) in [6.07, 6.45) is 1.29. The first-order chi connectivity index (χ1) is 11.9. The second kappa shape index (κ2) is 8.13. The molecule has 130 valence electrons. The van der Waals surface area contributed by atoms with Crippen LogP contribution in [0.5, 0.6) is 0 Å². The Labute approximate surface area is 143 Å². The van der Waals surface area contributed by atoms with E-state index in [-0.39, 0.29) is 10.6 Å². The Morgan fingerprint density at radius 1 is 1.12 bits per heavy atom. The predicted octanol–water partition coefficient (Wildman–Crippen LogP) is 1.02. The first-order valence-electron chi connectivity index (χ1n) is 6.99. The summed E-state index contributed by atoms with van der Waals surface area (Å²) >= 11 is 0. The lowest BCUT2D eigenvalue weighted by molar-refractivity contribution is -0.384. The van der Waals surface area contributed by atoms with E-state index in [1.54, 1.807) is 18.2 Å². The SMILES string of the molecule is O=C(CNS(=O)(=O)c1ccccc1)NN=Cc1ccc([N+](=O)[O-])cc1. The number of non-ortho nitro benzene ring substituents is 1. The normalized spacial score (nSPS) is 11.4. The fourth-order valence-electron chi connectivity index (χ4n) is 1.74. The molecule has 2 aromatic carbocycles. The van der Waals surface area contributed by atoms with E-state index in [0.29, 0.717) is 5.56 Å². The van der Waals surface area contributed by atoms with Gasteiger partial charge in [-0.05, 0) is 29.8 Å². The van der Waals surface area contributed by atoms with Crippen LogP contribution in [0.1, 0.15) is 5.56 Å². The molecule has 0 unspecified atom stereocenters. The van der Waals surface area contributed by atoms with Gasteiger partial charge in [0.05, 0.1) is 22.6 Å². The molecule has 9 nitrogen and oxygen atoms in total. The monoisotopic (exact) mass is 362 g/mol. The molecule has 2 aromatic rings. The van der Waals surface area contributed by atoms with Gasteiger partial charge in [0.15, 0.2) is 0 Å². The molecule has 2 rings (SSSR count). The maximum atomic E-state index is 11.9. The van der Waals surface area contributed by atoms with Crippen molar-refractivity contribution in [2.75, 3.05) is 6.54 Å². The van der Waals surface area contributed by atoms with Gasteiger partial charge in [-0.1, -0.05) is 18.2 Å². The van der Waals surface area contributed by atoms with E-state index in [0.717, 1.165) is 0 Å². The minimum atomic E-state index is -3.77. The number of benzene rings is 2.